The van der Waals surface area contributed by atoms with E-state index in [0.717, 1.165) is 17.7 Å². The highest BCUT2D eigenvalue weighted by molar-refractivity contribution is 8.00. The van der Waals surface area contributed by atoms with E-state index < -0.39 is 11.7 Å². The van der Waals surface area contributed by atoms with Crippen molar-refractivity contribution in [3.05, 3.63) is 58.6 Å². The largest absolute Gasteiger partial charge is 0.416 e. The minimum atomic E-state index is -4.40. The number of amides is 1. The van der Waals surface area contributed by atoms with Crippen LogP contribution in [0.4, 0.5) is 13.2 Å². The van der Waals surface area contributed by atoms with E-state index in [1.165, 1.54) is 17.8 Å². The lowest BCUT2D eigenvalue weighted by molar-refractivity contribution is -0.137. The van der Waals surface area contributed by atoms with Gasteiger partial charge in [-0.1, -0.05) is 23.7 Å². The fourth-order valence-electron chi connectivity index (χ4n) is 2.37. The van der Waals surface area contributed by atoms with Crippen LogP contribution in [-0.4, -0.2) is 11.7 Å². The van der Waals surface area contributed by atoms with Gasteiger partial charge in [0.1, 0.15) is 5.37 Å². The molecule has 0 radical (unpaired) electrons. The summed E-state index contributed by atoms with van der Waals surface area (Å²) >= 11 is 7.52. The maximum absolute atomic E-state index is 12.9. The highest BCUT2D eigenvalue weighted by atomic mass is 35.5. The Balaban J connectivity index is 2.00. The number of thioether (sulfide) groups is 1. The summed E-state index contributed by atoms with van der Waals surface area (Å²) in [5, 5.41) is 2.98. The van der Waals surface area contributed by atoms with Gasteiger partial charge in [0.25, 0.3) is 0 Å². The molecule has 1 aliphatic rings. The molecule has 0 spiro atoms. The number of rotatable bonds is 2. The van der Waals surface area contributed by atoms with Crippen molar-refractivity contribution in [2.24, 2.45) is 0 Å². The lowest BCUT2D eigenvalue weighted by atomic mass is 10.0. The first-order valence-corrected chi connectivity index (χ1v) is 8.15. The Bertz CT molecular complexity index is 763. The second-order valence-corrected chi connectivity index (χ2v) is 6.64. The molecule has 2 nitrogen and oxygen atoms in total. The van der Waals surface area contributed by atoms with E-state index in [9.17, 15) is 18.0 Å². The van der Waals surface area contributed by atoms with E-state index in [0.29, 0.717) is 21.9 Å². The molecular weight excluding hydrogens is 347 g/mol. The monoisotopic (exact) mass is 357 g/mol. The molecular formula is C16H11ClF3NOS. The standard InChI is InChI=1S/C16H11ClF3NOS/c17-13-6-10(4-11(7-13)15-21-14(22)8-23-15)9-2-1-3-12(5-9)16(18,19)20/h1-7,15H,8H2,(H,21,22). The maximum atomic E-state index is 12.9. The molecule has 2 aromatic rings. The molecule has 120 valence electrons. The Morgan fingerprint density at radius 1 is 1.13 bits per heavy atom. The van der Waals surface area contributed by atoms with Crippen LogP contribution in [0.25, 0.3) is 11.1 Å². The first-order chi connectivity index (χ1) is 10.8. The van der Waals surface area contributed by atoms with E-state index in [1.807, 2.05) is 0 Å². The molecule has 0 bridgehead atoms. The third-order valence-corrected chi connectivity index (χ3v) is 4.79. The molecule has 7 heteroatoms. The van der Waals surface area contributed by atoms with E-state index >= 15 is 0 Å². The van der Waals surface area contributed by atoms with Gasteiger partial charge in [0.05, 0.1) is 11.3 Å². The zero-order valence-electron chi connectivity index (χ0n) is 11.7. The molecule has 3 rings (SSSR count). The summed E-state index contributed by atoms with van der Waals surface area (Å²) in [6.07, 6.45) is -4.40. The molecule has 1 fully saturated rings. The van der Waals surface area contributed by atoms with E-state index in [1.54, 1.807) is 24.3 Å². The predicted molar refractivity (Wildman–Crippen MR) is 85.2 cm³/mol. The Labute approximate surface area is 140 Å². The smallest absolute Gasteiger partial charge is 0.339 e. The highest BCUT2D eigenvalue weighted by Gasteiger charge is 2.30. The van der Waals surface area contributed by atoms with Gasteiger partial charge in [-0.25, -0.2) is 0 Å². The number of hydrogen-bond acceptors (Lipinski definition) is 2. The van der Waals surface area contributed by atoms with Gasteiger partial charge in [-0.2, -0.15) is 13.2 Å². The minimum Gasteiger partial charge on any atom is -0.339 e. The van der Waals surface area contributed by atoms with Gasteiger partial charge in [-0.3, -0.25) is 4.79 Å². The van der Waals surface area contributed by atoms with Gasteiger partial charge in [-0.15, -0.1) is 11.8 Å². The van der Waals surface area contributed by atoms with Crippen LogP contribution in [0, 0.1) is 0 Å². The van der Waals surface area contributed by atoms with Gasteiger partial charge < -0.3 is 5.32 Å². The van der Waals surface area contributed by atoms with E-state index in [4.69, 9.17) is 11.6 Å². The second-order valence-electron chi connectivity index (χ2n) is 5.11. The van der Waals surface area contributed by atoms with E-state index in [2.05, 4.69) is 5.32 Å². The van der Waals surface area contributed by atoms with Crippen LogP contribution in [0.2, 0.25) is 5.02 Å². The summed E-state index contributed by atoms with van der Waals surface area (Å²) in [4.78, 5) is 11.3. The van der Waals surface area contributed by atoms with Crippen molar-refractivity contribution in [3.8, 4) is 11.1 Å². The average Bonchev–Trinajstić information content (AvgIpc) is 2.92. The Morgan fingerprint density at radius 3 is 2.57 bits per heavy atom. The van der Waals surface area contributed by atoms with Crippen LogP contribution in [0.3, 0.4) is 0 Å². The number of hydrogen-bond donors (Lipinski definition) is 1. The topological polar surface area (TPSA) is 29.1 Å². The van der Waals surface area contributed by atoms with E-state index in [-0.39, 0.29) is 11.3 Å². The van der Waals surface area contributed by atoms with Gasteiger partial charge in [-0.05, 0) is 47.0 Å². The van der Waals surface area contributed by atoms with Crippen LogP contribution in [-0.2, 0) is 11.0 Å². The lowest BCUT2D eigenvalue weighted by Crippen LogP contribution is -2.18. The molecule has 1 unspecified atom stereocenters. The number of carbonyl (C=O) groups excluding carboxylic acids is 1. The van der Waals surface area contributed by atoms with Gasteiger partial charge in [0.15, 0.2) is 0 Å². The van der Waals surface area contributed by atoms with Crippen molar-refractivity contribution in [1.82, 2.24) is 5.32 Å². The lowest BCUT2D eigenvalue weighted by Gasteiger charge is -2.13. The van der Waals surface area contributed by atoms with Gasteiger partial charge in [0.2, 0.25) is 5.91 Å². The van der Waals surface area contributed by atoms with Crippen molar-refractivity contribution in [2.45, 2.75) is 11.6 Å². The molecule has 1 aliphatic heterocycles. The zero-order chi connectivity index (χ0) is 16.6. The van der Waals surface area contributed by atoms with Gasteiger partial charge >= 0.3 is 6.18 Å². The second kappa shape index (κ2) is 6.09. The molecule has 0 aromatic heterocycles. The number of carbonyl (C=O) groups is 1. The Hall–Kier alpha value is -1.66. The molecule has 1 amide bonds. The SMILES string of the molecule is O=C1CSC(c2cc(Cl)cc(-c3cccc(C(F)(F)F)c3)c2)N1. The summed E-state index contributed by atoms with van der Waals surface area (Å²) in [7, 11) is 0. The van der Waals surface area contributed by atoms with Crippen LogP contribution in [0.1, 0.15) is 16.5 Å². The Kier molecular flexibility index (Phi) is 4.29. The van der Waals surface area contributed by atoms with Crippen molar-refractivity contribution in [3.63, 3.8) is 0 Å². The van der Waals surface area contributed by atoms with Gasteiger partial charge in [0, 0.05) is 5.02 Å². The number of halogens is 4. The van der Waals surface area contributed by atoms with Crippen LogP contribution < -0.4 is 5.32 Å². The first-order valence-electron chi connectivity index (χ1n) is 6.72. The number of benzene rings is 2. The number of nitrogens with one attached hydrogen (secondary N) is 1. The summed E-state index contributed by atoms with van der Waals surface area (Å²) in [5.41, 5.74) is 1.07. The zero-order valence-corrected chi connectivity index (χ0v) is 13.2. The molecule has 2 aromatic carbocycles. The Morgan fingerprint density at radius 2 is 1.91 bits per heavy atom. The quantitative estimate of drug-likeness (QED) is 0.829. The number of alkyl halides is 3. The molecule has 1 N–H and O–H groups in total. The van der Waals surface area contributed by atoms with Crippen LogP contribution >= 0.6 is 23.4 Å². The maximum Gasteiger partial charge on any atom is 0.416 e. The first kappa shape index (κ1) is 16.2. The summed E-state index contributed by atoms with van der Waals surface area (Å²) < 4.78 is 38.6. The molecule has 0 aliphatic carbocycles. The summed E-state index contributed by atoms with van der Waals surface area (Å²) in [6, 6.07) is 10.2. The van der Waals surface area contributed by atoms with Crippen molar-refractivity contribution in [2.75, 3.05) is 5.75 Å². The third kappa shape index (κ3) is 3.64. The molecule has 1 heterocycles. The predicted octanol–water partition coefficient (Wildman–Crippen LogP) is 4.89. The highest BCUT2D eigenvalue weighted by Crippen LogP contribution is 2.36. The fourth-order valence-corrected chi connectivity index (χ4v) is 3.56. The summed E-state index contributed by atoms with van der Waals surface area (Å²) in [5.74, 6) is 0.288. The van der Waals surface area contributed by atoms with Crippen molar-refractivity contribution in [1.29, 1.82) is 0 Å². The van der Waals surface area contributed by atoms with Crippen LogP contribution in [0.15, 0.2) is 42.5 Å². The van der Waals surface area contributed by atoms with Crippen molar-refractivity contribution >= 4 is 29.3 Å². The minimum absolute atomic E-state index is 0.0689. The molecule has 1 saturated heterocycles. The van der Waals surface area contributed by atoms with Crippen LogP contribution in [0.5, 0.6) is 0 Å². The summed E-state index contributed by atoms with van der Waals surface area (Å²) in [6.45, 7) is 0. The fraction of sp³-hybridized carbons (Fsp3) is 0.188. The normalized spacial score (nSPS) is 18.1. The molecule has 1 atom stereocenters. The average molecular weight is 358 g/mol. The van der Waals surface area contributed by atoms with Crippen molar-refractivity contribution < 1.29 is 18.0 Å². The molecule has 0 saturated carbocycles. The molecule has 23 heavy (non-hydrogen) atoms. The third-order valence-electron chi connectivity index (χ3n) is 3.42.